The molecular formula is C26H28N4O2S. The van der Waals surface area contributed by atoms with Crippen molar-refractivity contribution in [1.29, 1.82) is 0 Å². The summed E-state index contributed by atoms with van der Waals surface area (Å²) in [6.07, 6.45) is 4.43. The summed E-state index contributed by atoms with van der Waals surface area (Å²) in [6, 6.07) is 18.2. The van der Waals surface area contributed by atoms with Crippen LogP contribution >= 0.6 is 11.8 Å². The molecule has 0 spiro atoms. The first-order chi connectivity index (χ1) is 16.1. The first kappa shape index (κ1) is 23.0. The number of thioether (sulfide) groups is 1. The summed E-state index contributed by atoms with van der Waals surface area (Å²) in [5, 5.41) is 3.88. The Morgan fingerprint density at radius 1 is 1.12 bits per heavy atom. The van der Waals surface area contributed by atoms with Crippen LogP contribution in [-0.2, 0) is 17.0 Å². The van der Waals surface area contributed by atoms with Crippen molar-refractivity contribution in [2.75, 3.05) is 20.3 Å². The van der Waals surface area contributed by atoms with Crippen molar-refractivity contribution in [1.82, 2.24) is 19.9 Å². The molecule has 0 aliphatic heterocycles. The van der Waals surface area contributed by atoms with Gasteiger partial charge >= 0.3 is 0 Å². The van der Waals surface area contributed by atoms with Crippen molar-refractivity contribution in [2.45, 2.75) is 30.8 Å². The molecule has 2 aromatic heterocycles. The minimum Gasteiger partial charge on any atom is -0.385 e. The van der Waals surface area contributed by atoms with E-state index in [4.69, 9.17) is 9.72 Å². The predicted molar refractivity (Wildman–Crippen MR) is 133 cm³/mol. The number of benzene rings is 2. The van der Waals surface area contributed by atoms with Crippen LogP contribution in [0.3, 0.4) is 0 Å². The molecule has 0 fully saturated rings. The van der Waals surface area contributed by atoms with Gasteiger partial charge < -0.3 is 14.6 Å². The Labute approximate surface area is 198 Å². The number of hydrogen-bond acceptors (Lipinski definition) is 5. The van der Waals surface area contributed by atoms with Crippen LogP contribution in [-0.4, -0.2) is 40.7 Å². The summed E-state index contributed by atoms with van der Waals surface area (Å²) >= 11 is 1.72. The SMILES string of the molecule is COCCCNC(=O)c1ccc(Cn2c(SCc3cccc(C)c3)nc3ccncc32)cc1. The first-order valence-electron chi connectivity index (χ1n) is 11.0. The highest BCUT2D eigenvalue weighted by molar-refractivity contribution is 7.98. The maximum atomic E-state index is 12.3. The maximum absolute atomic E-state index is 12.3. The monoisotopic (exact) mass is 460 g/mol. The Morgan fingerprint density at radius 3 is 2.76 bits per heavy atom. The van der Waals surface area contributed by atoms with Gasteiger partial charge in [0.25, 0.3) is 5.91 Å². The van der Waals surface area contributed by atoms with Gasteiger partial charge in [0.2, 0.25) is 0 Å². The van der Waals surface area contributed by atoms with Crippen molar-refractivity contribution in [3.8, 4) is 0 Å². The number of ether oxygens (including phenoxy) is 1. The maximum Gasteiger partial charge on any atom is 0.251 e. The smallest absolute Gasteiger partial charge is 0.251 e. The normalized spacial score (nSPS) is 11.1. The number of rotatable bonds is 10. The highest BCUT2D eigenvalue weighted by Gasteiger charge is 2.13. The second-order valence-corrected chi connectivity index (χ2v) is 8.86. The molecule has 0 saturated carbocycles. The summed E-state index contributed by atoms with van der Waals surface area (Å²) < 4.78 is 7.21. The highest BCUT2D eigenvalue weighted by Crippen LogP contribution is 2.27. The van der Waals surface area contributed by atoms with Crippen LogP contribution in [0.25, 0.3) is 11.0 Å². The highest BCUT2D eigenvalue weighted by atomic mass is 32.2. The number of imidazole rings is 1. The zero-order valence-electron chi connectivity index (χ0n) is 19.0. The van der Waals surface area contributed by atoms with E-state index in [0.29, 0.717) is 25.3 Å². The number of hydrogen-bond donors (Lipinski definition) is 1. The summed E-state index contributed by atoms with van der Waals surface area (Å²) in [5.41, 5.74) is 6.23. The fraction of sp³-hybridized carbons (Fsp3) is 0.269. The van der Waals surface area contributed by atoms with Crippen molar-refractivity contribution in [3.63, 3.8) is 0 Å². The van der Waals surface area contributed by atoms with E-state index in [1.54, 1.807) is 25.1 Å². The molecule has 2 aromatic carbocycles. The Balaban J connectivity index is 1.49. The van der Waals surface area contributed by atoms with Gasteiger partial charge in [-0.15, -0.1) is 0 Å². The Hall–Kier alpha value is -3.16. The Morgan fingerprint density at radius 2 is 1.97 bits per heavy atom. The van der Waals surface area contributed by atoms with Gasteiger partial charge in [-0.25, -0.2) is 4.98 Å². The van der Waals surface area contributed by atoms with Crippen LogP contribution < -0.4 is 5.32 Å². The third-order valence-electron chi connectivity index (χ3n) is 5.33. The molecule has 4 rings (SSSR count). The number of pyridine rings is 1. The van der Waals surface area contributed by atoms with Crippen LogP contribution in [0.15, 0.2) is 72.1 Å². The van der Waals surface area contributed by atoms with Crippen LogP contribution in [0.1, 0.15) is 33.5 Å². The minimum absolute atomic E-state index is 0.0654. The molecule has 33 heavy (non-hydrogen) atoms. The van der Waals surface area contributed by atoms with Crippen molar-refractivity contribution < 1.29 is 9.53 Å². The van der Waals surface area contributed by atoms with Crippen molar-refractivity contribution in [2.24, 2.45) is 0 Å². The van der Waals surface area contributed by atoms with Gasteiger partial charge in [-0.1, -0.05) is 53.7 Å². The van der Waals surface area contributed by atoms with Crippen molar-refractivity contribution in [3.05, 3.63) is 89.2 Å². The van der Waals surface area contributed by atoms with Gasteiger partial charge in [-0.05, 0) is 42.7 Å². The standard InChI is InChI=1S/C26H28N4O2S/c1-19-5-3-6-21(15-19)18-33-26-29-23-11-13-27-16-24(23)30(26)17-20-7-9-22(10-8-20)25(31)28-12-4-14-32-2/h3,5-11,13,15-16H,4,12,14,17-18H2,1-2H3,(H,28,31). The molecular weight excluding hydrogens is 432 g/mol. The number of amides is 1. The van der Waals surface area contributed by atoms with E-state index in [2.05, 4.69) is 46.1 Å². The molecule has 0 radical (unpaired) electrons. The van der Waals surface area contributed by atoms with Crippen LogP contribution in [0, 0.1) is 6.92 Å². The minimum atomic E-state index is -0.0654. The van der Waals surface area contributed by atoms with Crippen LogP contribution in [0.2, 0.25) is 0 Å². The number of aryl methyl sites for hydroxylation is 1. The molecule has 4 aromatic rings. The molecule has 0 aliphatic rings. The number of carbonyl (C=O) groups is 1. The van der Waals surface area contributed by atoms with Gasteiger partial charge in [0.05, 0.1) is 23.8 Å². The summed E-state index contributed by atoms with van der Waals surface area (Å²) in [7, 11) is 1.66. The Bertz CT molecular complexity index is 1220. The largest absolute Gasteiger partial charge is 0.385 e. The molecule has 7 heteroatoms. The molecule has 0 atom stereocenters. The van der Waals surface area contributed by atoms with Gasteiger partial charge in [0.1, 0.15) is 0 Å². The predicted octanol–water partition coefficient (Wildman–Crippen LogP) is 4.85. The van der Waals surface area contributed by atoms with Crippen LogP contribution in [0.4, 0.5) is 0 Å². The van der Waals surface area contributed by atoms with E-state index in [0.717, 1.165) is 33.9 Å². The van der Waals surface area contributed by atoms with Crippen molar-refractivity contribution >= 4 is 28.7 Å². The lowest BCUT2D eigenvalue weighted by atomic mass is 10.1. The van der Waals surface area contributed by atoms with E-state index in [9.17, 15) is 4.79 Å². The first-order valence-corrected chi connectivity index (χ1v) is 12.0. The molecule has 0 unspecified atom stereocenters. The average molecular weight is 461 g/mol. The molecule has 0 aliphatic carbocycles. The third kappa shape index (κ3) is 6.00. The second-order valence-electron chi connectivity index (χ2n) is 7.92. The third-order valence-corrected chi connectivity index (χ3v) is 6.38. The van der Waals surface area contributed by atoms with Crippen LogP contribution in [0.5, 0.6) is 0 Å². The fourth-order valence-electron chi connectivity index (χ4n) is 3.63. The van der Waals surface area contributed by atoms with E-state index < -0.39 is 0 Å². The molecule has 170 valence electrons. The average Bonchev–Trinajstić information content (AvgIpc) is 3.18. The zero-order valence-corrected chi connectivity index (χ0v) is 19.8. The van der Waals surface area contributed by atoms with Gasteiger partial charge in [0, 0.05) is 37.8 Å². The van der Waals surface area contributed by atoms with Gasteiger partial charge in [-0.3, -0.25) is 9.78 Å². The molecule has 0 saturated heterocycles. The molecule has 2 heterocycles. The summed E-state index contributed by atoms with van der Waals surface area (Å²) in [5.74, 6) is 0.782. The summed E-state index contributed by atoms with van der Waals surface area (Å²) in [4.78, 5) is 21.5. The van der Waals surface area contributed by atoms with Gasteiger partial charge in [0.15, 0.2) is 5.16 Å². The zero-order chi connectivity index (χ0) is 23.0. The molecule has 1 N–H and O–H groups in total. The number of nitrogens with one attached hydrogen (secondary N) is 1. The lowest BCUT2D eigenvalue weighted by molar-refractivity contribution is 0.0948. The van der Waals surface area contributed by atoms with E-state index in [-0.39, 0.29) is 5.91 Å². The quantitative estimate of drug-likeness (QED) is 0.271. The van der Waals surface area contributed by atoms with E-state index in [1.165, 1.54) is 11.1 Å². The molecule has 1 amide bonds. The lowest BCUT2D eigenvalue weighted by Gasteiger charge is -2.10. The number of fused-ring (bicyclic) bond motifs is 1. The number of aromatic nitrogens is 3. The second kappa shape index (κ2) is 11.1. The fourth-order valence-corrected chi connectivity index (χ4v) is 4.58. The van der Waals surface area contributed by atoms with E-state index >= 15 is 0 Å². The van der Waals surface area contributed by atoms with E-state index in [1.807, 2.05) is 36.5 Å². The molecule has 6 nitrogen and oxygen atoms in total. The lowest BCUT2D eigenvalue weighted by Crippen LogP contribution is -2.25. The molecule has 0 bridgehead atoms. The van der Waals surface area contributed by atoms with Gasteiger partial charge in [-0.2, -0.15) is 0 Å². The number of carbonyl (C=O) groups excluding carboxylic acids is 1. The summed E-state index contributed by atoms with van der Waals surface area (Å²) in [6.45, 7) is 4.01. The Kier molecular flexibility index (Phi) is 7.75. The topological polar surface area (TPSA) is 69.0 Å². The number of nitrogens with zero attached hydrogens (tertiary/aromatic N) is 3. The number of methoxy groups -OCH3 is 1.